The minimum absolute atomic E-state index is 0.0194. The molecule has 0 fully saturated rings. The molecule has 0 aliphatic rings. The van der Waals surface area contributed by atoms with Gasteiger partial charge in [-0.25, -0.2) is 0 Å². The molecule has 0 atom stereocenters. The Kier molecular flexibility index (Phi) is 4.38. The van der Waals surface area contributed by atoms with Crippen LogP contribution in [-0.2, 0) is 6.54 Å². The van der Waals surface area contributed by atoms with Gasteiger partial charge in [0, 0.05) is 22.1 Å². The van der Waals surface area contributed by atoms with E-state index in [0.717, 1.165) is 9.35 Å². The Bertz CT molecular complexity index is 533. The van der Waals surface area contributed by atoms with Crippen molar-refractivity contribution in [2.45, 2.75) is 6.54 Å². The third-order valence-electron chi connectivity index (χ3n) is 2.44. The maximum Gasteiger partial charge on any atom is 0.270 e. The summed E-state index contributed by atoms with van der Waals surface area (Å²) in [5.74, 6) is -0.0194. The van der Waals surface area contributed by atoms with E-state index in [1.165, 1.54) is 0 Å². The van der Waals surface area contributed by atoms with Gasteiger partial charge >= 0.3 is 0 Å². The SMILES string of the molecule is C=CCN(Cc1cccs1)C(=O)c1cc(Br)c[nH]1. The number of nitrogens with one attached hydrogen (secondary N) is 1. The maximum atomic E-state index is 12.3. The zero-order chi connectivity index (χ0) is 13.0. The first kappa shape index (κ1) is 13.1. The van der Waals surface area contributed by atoms with E-state index in [4.69, 9.17) is 0 Å². The Morgan fingerprint density at radius 2 is 2.44 bits per heavy atom. The summed E-state index contributed by atoms with van der Waals surface area (Å²) in [4.78, 5) is 18.2. The number of rotatable bonds is 5. The zero-order valence-corrected chi connectivity index (χ0v) is 12.1. The second-order valence-corrected chi connectivity index (χ2v) is 5.73. The van der Waals surface area contributed by atoms with E-state index in [-0.39, 0.29) is 5.91 Å². The normalized spacial score (nSPS) is 10.3. The lowest BCUT2D eigenvalue weighted by Gasteiger charge is -2.19. The summed E-state index contributed by atoms with van der Waals surface area (Å²) in [6.45, 7) is 4.85. The van der Waals surface area contributed by atoms with Crippen LogP contribution in [0, 0.1) is 0 Å². The highest BCUT2D eigenvalue weighted by Crippen LogP contribution is 2.16. The van der Waals surface area contributed by atoms with Crippen LogP contribution < -0.4 is 0 Å². The van der Waals surface area contributed by atoms with Gasteiger partial charge in [0.05, 0.1) is 6.54 Å². The average Bonchev–Trinajstić information content (AvgIpc) is 2.99. The molecular weight excluding hydrogens is 312 g/mol. The molecular formula is C13H13BrN2OS. The Morgan fingerprint density at radius 3 is 3.00 bits per heavy atom. The highest BCUT2D eigenvalue weighted by atomic mass is 79.9. The van der Waals surface area contributed by atoms with E-state index in [2.05, 4.69) is 27.5 Å². The van der Waals surface area contributed by atoms with Crippen LogP contribution in [0.4, 0.5) is 0 Å². The van der Waals surface area contributed by atoms with Crippen molar-refractivity contribution in [2.75, 3.05) is 6.54 Å². The van der Waals surface area contributed by atoms with Gasteiger partial charge in [-0.2, -0.15) is 0 Å². The standard InChI is InChI=1S/C13H13BrN2OS/c1-2-5-16(9-11-4-3-6-18-11)13(17)12-7-10(14)8-15-12/h2-4,6-8,15H,1,5,9H2. The van der Waals surface area contributed by atoms with Crippen LogP contribution in [0.5, 0.6) is 0 Å². The fraction of sp³-hybridized carbons (Fsp3) is 0.154. The molecule has 94 valence electrons. The van der Waals surface area contributed by atoms with Gasteiger partial charge in [-0.05, 0) is 33.4 Å². The summed E-state index contributed by atoms with van der Waals surface area (Å²) in [7, 11) is 0. The van der Waals surface area contributed by atoms with Crippen LogP contribution in [0.3, 0.4) is 0 Å². The third kappa shape index (κ3) is 3.11. The van der Waals surface area contributed by atoms with Crippen molar-refractivity contribution in [3.63, 3.8) is 0 Å². The molecule has 2 aromatic heterocycles. The predicted molar refractivity (Wildman–Crippen MR) is 77.7 cm³/mol. The van der Waals surface area contributed by atoms with Crippen LogP contribution in [-0.4, -0.2) is 22.3 Å². The van der Waals surface area contributed by atoms with Crippen LogP contribution in [0.25, 0.3) is 0 Å². The zero-order valence-electron chi connectivity index (χ0n) is 9.73. The lowest BCUT2D eigenvalue weighted by atomic mass is 10.3. The molecule has 0 unspecified atom stereocenters. The molecule has 2 aromatic rings. The summed E-state index contributed by atoms with van der Waals surface area (Å²) in [6.07, 6.45) is 3.49. The number of halogens is 1. The van der Waals surface area contributed by atoms with Gasteiger partial charge in [-0.3, -0.25) is 4.79 Å². The number of carbonyl (C=O) groups excluding carboxylic acids is 1. The molecule has 0 bridgehead atoms. The number of hydrogen-bond donors (Lipinski definition) is 1. The summed E-state index contributed by atoms with van der Waals surface area (Å²) in [6, 6.07) is 5.80. The van der Waals surface area contributed by atoms with Crippen molar-refractivity contribution in [3.8, 4) is 0 Å². The lowest BCUT2D eigenvalue weighted by molar-refractivity contribution is 0.0759. The number of thiophene rings is 1. The first-order valence-corrected chi connectivity index (χ1v) is 7.14. The second-order valence-electron chi connectivity index (χ2n) is 3.79. The van der Waals surface area contributed by atoms with E-state index >= 15 is 0 Å². The summed E-state index contributed by atoms with van der Waals surface area (Å²) in [5.41, 5.74) is 0.584. The molecule has 1 N–H and O–H groups in total. The average molecular weight is 325 g/mol. The van der Waals surface area contributed by atoms with Crippen LogP contribution in [0.15, 0.2) is 46.9 Å². The van der Waals surface area contributed by atoms with Crippen molar-refractivity contribution >= 4 is 33.2 Å². The Labute approximate surface area is 118 Å². The molecule has 0 radical (unpaired) electrons. The molecule has 3 nitrogen and oxygen atoms in total. The molecule has 0 aliphatic heterocycles. The summed E-state index contributed by atoms with van der Waals surface area (Å²) >= 11 is 4.98. The minimum Gasteiger partial charge on any atom is -0.356 e. The first-order valence-electron chi connectivity index (χ1n) is 5.47. The monoisotopic (exact) mass is 324 g/mol. The van der Waals surface area contributed by atoms with Crippen LogP contribution in [0.1, 0.15) is 15.4 Å². The van der Waals surface area contributed by atoms with Gasteiger partial charge in [0.15, 0.2) is 0 Å². The fourth-order valence-electron chi connectivity index (χ4n) is 1.63. The summed E-state index contributed by atoms with van der Waals surface area (Å²) < 4.78 is 0.875. The van der Waals surface area contributed by atoms with Gasteiger partial charge < -0.3 is 9.88 Å². The minimum atomic E-state index is -0.0194. The predicted octanol–water partition coefficient (Wildman–Crippen LogP) is 3.67. The van der Waals surface area contributed by atoms with Gasteiger partial charge in [0.25, 0.3) is 5.91 Å². The van der Waals surface area contributed by atoms with E-state index < -0.39 is 0 Å². The van der Waals surface area contributed by atoms with E-state index in [1.807, 2.05) is 17.5 Å². The Morgan fingerprint density at radius 1 is 1.61 bits per heavy atom. The lowest BCUT2D eigenvalue weighted by Crippen LogP contribution is -2.30. The van der Waals surface area contributed by atoms with Gasteiger partial charge in [0.1, 0.15) is 5.69 Å². The number of hydrogen-bond acceptors (Lipinski definition) is 2. The number of amides is 1. The highest BCUT2D eigenvalue weighted by molar-refractivity contribution is 9.10. The van der Waals surface area contributed by atoms with Crippen molar-refractivity contribution in [1.82, 2.24) is 9.88 Å². The molecule has 1 amide bonds. The van der Waals surface area contributed by atoms with Gasteiger partial charge in [0.2, 0.25) is 0 Å². The topological polar surface area (TPSA) is 36.1 Å². The molecule has 0 aromatic carbocycles. The number of H-pyrrole nitrogens is 1. The molecule has 0 saturated heterocycles. The Hall–Kier alpha value is -1.33. The molecule has 2 rings (SSSR count). The van der Waals surface area contributed by atoms with Crippen molar-refractivity contribution < 1.29 is 4.79 Å². The molecule has 0 saturated carbocycles. The Balaban J connectivity index is 2.14. The maximum absolute atomic E-state index is 12.3. The largest absolute Gasteiger partial charge is 0.356 e. The quantitative estimate of drug-likeness (QED) is 0.837. The van der Waals surface area contributed by atoms with Crippen molar-refractivity contribution in [3.05, 3.63) is 57.5 Å². The van der Waals surface area contributed by atoms with Crippen LogP contribution >= 0.6 is 27.3 Å². The number of nitrogens with zero attached hydrogens (tertiary/aromatic N) is 1. The molecule has 2 heterocycles. The van der Waals surface area contributed by atoms with Gasteiger partial charge in [-0.1, -0.05) is 12.1 Å². The van der Waals surface area contributed by atoms with E-state index in [1.54, 1.807) is 34.6 Å². The second kappa shape index (κ2) is 6.02. The molecule has 0 spiro atoms. The number of aromatic nitrogens is 1. The summed E-state index contributed by atoms with van der Waals surface area (Å²) in [5, 5.41) is 2.01. The van der Waals surface area contributed by atoms with Gasteiger partial charge in [-0.15, -0.1) is 17.9 Å². The fourth-order valence-corrected chi connectivity index (χ4v) is 2.69. The van der Waals surface area contributed by atoms with Crippen molar-refractivity contribution in [2.24, 2.45) is 0 Å². The first-order chi connectivity index (χ1) is 8.70. The molecule has 5 heteroatoms. The molecule has 18 heavy (non-hydrogen) atoms. The molecule has 0 aliphatic carbocycles. The van der Waals surface area contributed by atoms with E-state index in [9.17, 15) is 4.79 Å². The van der Waals surface area contributed by atoms with E-state index in [0.29, 0.717) is 18.8 Å². The smallest absolute Gasteiger partial charge is 0.270 e. The van der Waals surface area contributed by atoms with Crippen LogP contribution in [0.2, 0.25) is 0 Å². The number of carbonyl (C=O) groups is 1. The highest BCUT2D eigenvalue weighted by Gasteiger charge is 2.16. The van der Waals surface area contributed by atoms with Crippen molar-refractivity contribution in [1.29, 1.82) is 0 Å². The number of aromatic amines is 1. The third-order valence-corrected chi connectivity index (χ3v) is 3.76.